The van der Waals surface area contributed by atoms with E-state index in [1.54, 1.807) is 14.2 Å². The number of nitrogens with one attached hydrogen (secondary N) is 1. The Hall–Kier alpha value is -1.10. The number of methoxy groups -OCH3 is 2. The van der Waals surface area contributed by atoms with Crippen molar-refractivity contribution in [2.24, 2.45) is 0 Å². The first-order chi connectivity index (χ1) is 9.33. The summed E-state index contributed by atoms with van der Waals surface area (Å²) in [7, 11) is 3.32. The van der Waals surface area contributed by atoms with Gasteiger partial charge in [0.1, 0.15) is 0 Å². The zero-order valence-corrected chi connectivity index (χ0v) is 11.9. The van der Waals surface area contributed by atoms with E-state index in [0.29, 0.717) is 6.54 Å². The molecule has 1 aromatic rings. The highest BCUT2D eigenvalue weighted by atomic mass is 16.7. The Morgan fingerprint density at radius 2 is 1.84 bits per heavy atom. The normalized spacial score (nSPS) is 16.2. The van der Waals surface area contributed by atoms with E-state index in [2.05, 4.69) is 34.5 Å². The Labute approximate surface area is 115 Å². The molecule has 0 amide bonds. The van der Waals surface area contributed by atoms with Gasteiger partial charge in [-0.15, -0.1) is 0 Å². The molecule has 4 nitrogen and oxygen atoms in total. The molecule has 1 aliphatic heterocycles. The molecule has 1 N–H and O–H groups in total. The molecule has 4 heteroatoms. The molecule has 1 fully saturated rings. The van der Waals surface area contributed by atoms with Crippen LogP contribution in [0.2, 0.25) is 0 Å². The molecule has 1 aliphatic rings. The lowest BCUT2D eigenvalue weighted by atomic mass is 10.1. The van der Waals surface area contributed by atoms with Gasteiger partial charge in [-0.2, -0.15) is 0 Å². The Morgan fingerprint density at radius 1 is 1.16 bits per heavy atom. The highest BCUT2D eigenvalue weighted by Gasteiger charge is 2.14. The second-order valence-corrected chi connectivity index (χ2v) is 4.92. The highest BCUT2D eigenvalue weighted by molar-refractivity contribution is 5.51. The molecule has 1 heterocycles. The third-order valence-electron chi connectivity index (χ3n) is 3.59. The summed E-state index contributed by atoms with van der Waals surface area (Å²) in [6.07, 6.45) is 2.44. The van der Waals surface area contributed by atoms with Crippen molar-refractivity contribution in [3.05, 3.63) is 29.8 Å². The Morgan fingerprint density at radius 3 is 2.53 bits per heavy atom. The standard InChI is InChI=1S/C15H24N2O2/c1-18-15(19-2)11-16-14-8-4-3-7-13(14)12-17-9-5-6-10-17/h3-4,7-8,15-16H,5-6,9-12H2,1-2H3. The lowest BCUT2D eigenvalue weighted by molar-refractivity contribution is -0.0914. The second-order valence-electron chi connectivity index (χ2n) is 4.92. The molecule has 0 unspecified atom stereocenters. The van der Waals surface area contributed by atoms with Gasteiger partial charge in [-0.05, 0) is 37.6 Å². The van der Waals surface area contributed by atoms with Crippen molar-refractivity contribution < 1.29 is 9.47 Å². The van der Waals surface area contributed by atoms with Crippen molar-refractivity contribution in [1.29, 1.82) is 0 Å². The predicted molar refractivity (Wildman–Crippen MR) is 77.2 cm³/mol. The summed E-state index contributed by atoms with van der Waals surface area (Å²) >= 11 is 0. The summed E-state index contributed by atoms with van der Waals surface area (Å²) in [5.74, 6) is 0. The number of anilines is 1. The topological polar surface area (TPSA) is 33.7 Å². The van der Waals surface area contributed by atoms with E-state index < -0.39 is 0 Å². The smallest absolute Gasteiger partial charge is 0.173 e. The van der Waals surface area contributed by atoms with Crippen LogP contribution in [-0.2, 0) is 16.0 Å². The van der Waals surface area contributed by atoms with E-state index in [1.165, 1.54) is 37.2 Å². The van der Waals surface area contributed by atoms with Crippen LogP contribution < -0.4 is 5.32 Å². The van der Waals surface area contributed by atoms with Crippen LogP contribution in [0.25, 0.3) is 0 Å². The minimum absolute atomic E-state index is 0.208. The van der Waals surface area contributed by atoms with Gasteiger partial charge in [0.05, 0.1) is 6.54 Å². The fourth-order valence-corrected chi connectivity index (χ4v) is 2.47. The van der Waals surface area contributed by atoms with E-state index in [9.17, 15) is 0 Å². The average molecular weight is 264 g/mol. The molecule has 1 aromatic carbocycles. The number of likely N-dealkylation sites (tertiary alicyclic amines) is 1. The van der Waals surface area contributed by atoms with Crippen molar-refractivity contribution >= 4 is 5.69 Å². The molecule has 0 bridgehead atoms. The van der Waals surface area contributed by atoms with Gasteiger partial charge in [0, 0.05) is 26.5 Å². The van der Waals surface area contributed by atoms with Gasteiger partial charge in [0.2, 0.25) is 0 Å². The molecular weight excluding hydrogens is 240 g/mol. The van der Waals surface area contributed by atoms with Crippen molar-refractivity contribution in [2.45, 2.75) is 25.7 Å². The van der Waals surface area contributed by atoms with Crippen LogP contribution in [0.15, 0.2) is 24.3 Å². The van der Waals surface area contributed by atoms with Gasteiger partial charge in [0.25, 0.3) is 0 Å². The maximum Gasteiger partial charge on any atom is 0.173 e. The van der Waals surface area contributed by atoms with Gasteiger partial charge in [-0.3, -0.25) is 4.90 Å². The van der Waals surface area contributed by atoms with Crippen LogP contribution in [-0.4, -0.2) is 45.0 Å². The second kappa shape index (κ2) is 7.48. The SMILES string of the molecule is COC(CNc1ccccc1CN1CCCC1)OC. The van der Waals surface area contributed by atoms with Crippen LogP contribution in [0.1, 0.15) is 18.4 Å². The van der Waals surface area contributed by atoms with Gasteiger partial charge in [-0.25, -0.2) is 0 Å². The van der Waals surface area contributed by atoms with Gasteiger partial charge in [0.15, 0.2) is 6.29 Å². The molecule has 106 valence electrons. The summed E-state index contributed by atoms with van der Waals surface area (Å²) in [6.45, 7) is 4.11. The summed E-state index contributed by atoms with van der Waals surface area (Å²) in [4.78, 5) is 2.50. The van der Waals surface area contributed by atoms with Crippen LogP contribution in [0.5, 0.6) is 0 Å². The first-order valence-corrected chi connectivity index (χ1v) is 6.93. The van der Waals surface area contributed by atoms with Gasteiger partial charge in [-0.1, -0.05) is 18.2 Å². The molecule has 0 saturated carbocycles. The molecule has 19 heavy (non-hydrogen) atoms. The zero-order chi connectivity index (χ0) is 13.5. The quantitative estimate of drug-likeness (QED) is 0.766. The monoisotopic (exact) mass is 264 g/mol. The van der Waals surface area contributed by atoms with Crippen molar-refractivity contribution in [3.8, 4) is 0 Å². The number of benzene rings is 1. The lowest BCUT2D eigenvalue weighted by Crippen LogP contribution is -2.25. The molecule has 0 radical (unpaired) electrons. The molecule has 0 aromatic heterocycles. The fourth-order valence-electron chi connectivity index (χ4n) is 2.47. The number of hydrogen-bond donors (Lipinski definition) is 1. The van der Waals surface area contributed by atoms with Gasteiger partial charge < -0.3 is 14.8 Å². The largest absolute Gasteiger partial charge is 0.380 e. The van der Waals surface area contributed by atoms with Crippen LogP contribution in [0.4, 0.5) is 5.69 Å². The summed E-state index contributed by atoms with van der Waals surface area (Å²) in [5, 5.41) is 3.41. The van der Waals surface area contributed by atoms with E-state index >= 15 is 0 Å². The third-order valence-corrected chi connectivity index (χ3v) is 3.59. The molecule has 1 saturated heterocycles. The summed E-state index contributed by atoms with van der Waals surface area (Å²) in [6, 6.07) is 8.47. The molecule has 0 aliphatic carbocycles. The number of hydrogen-bond acceptors (Lipinski definition) is 4. The molecule has 0 atom stereocenters. The Bertz CT molecular complexity index is 374. The number of rotatable bonds is 7. The van der Waals surface area contributed by atoms with Crippen molar-refractivity contribution in [1.82, 2.24) is 4.90 Å². The average Bonchev–Trinajstić information content (AvgIpc) is 2.94. The maximum atomic E-state index is 5.20. The fraction of sp³-hybridized carbons (Fsp3) is 0.600. The molecule has 2 rings (SSSR count). The maximum absolute atomic E-state index is 5.20. The van der Waals surface area contributed by atoms with Crippen molar-refractivity contribution in [3.63, 3.8) is 0 Å². The Kier molecular flexibility index (Phi) is 5.63. The molecular formula is C15H24N2O2. The van der Waals surface area contributed by atoms with Gasteiger partial charge >= 0.3 is 0 Å². The minimum Gasteiger partial charge on any atom is -0.380 e. The third kappa shape index (κ3) is 4.20. The zero-order valence-electron chi connectivity index (χ0n) is 11.9. The van der Waals surface area contributed by atoms with E-state index in [4.69, 9.17) is 9.47 Å². The summed E-state index contributed by atoms with van der Waals surface area (Å²) in [5.41, 5.74) is 2.52. The first-order valence-electron chi connectivity index (χ1n) is 6.93. The van der Waals surface area contributed by atoms with E-state index in [1.807, 2.05) is 0 Å². The van der Waals surface area contributed by atoms with Crippen LogP contribution in [0, 0.1) is 0 Å². The highest BCUT2D eigenvalue weighted by Crippen LogP contribution is 2.20. The van der Waals surface area contributed by atoms with E-state index in [0.717, 1.165) is 6.54 Å². The van der Waals surface area contributed by atoms with Crippen LogP contribution in [0.3, 0.4) is 0 Å². The van der Waals surface area contributed by atoms with Crippen LogP contribution >= 0.6 is 0 Å². The predicted octanol–water partition coefficient (Wildman–Crippen LogP) is 2.31. The lowest BCUT2D eigenvalue weighted by Gasteiger charge is -2.20. The first kappa shape index (κ1) is 14.3. The summed E-state index contributed by atoms with van der Waals surface area (Å²) < 4.78 is 10.4. The van der Waals surface area contributed by atoms with Crippen molar-refractivity contribution in [2.75, 3.05) is 39.2 Å². The number of para-hydroxylation sites is 1. The number of ether oxygens (including phenoxy) is 2. The van der Waals surface area contributed by atoms with E-state index in [-0.39, 0.29) is 6.29 Å². The number of nitrogens with zero attached hydrogens (tertiary/aromatic N) is 1. The minimum atomic E-state index is -0.208. The molecule has 0 spiro atoms. The Balaban J connectivity index is 1.95.